The average Bonchev–Trinajstić information content (AvgIpc) is 2.36. The molecule has 0 aliphatic carbocycles. The van der Waals surface area contributed by atoms with Crippen LogP contribution in [0.2, 0.25) is 0 Å². The summed E-state index contributed by atoms with van der Waals surface area (Å²) in [6.07, 6.45) is 1.24. The molecule has 7 heteroatoms. The summed E-state index contributed by atoms with van der Waals surface area (Å²) in [5.41, 5.74) is 7.47. The Morgan fingerprint density at radius 3 is 2.33 bits per heavy atom. The van der Waals surface area contributed by atoms with E-state index in [1.165, 1.54) is 0 Å². The topological polar surface area (TPSA) is 92.5 Å². The van der Waals surface area contributed by atoms with Gasteiger partial charge in [0.25, 0.3) is 0 Å². The Hall–Kier alpha value is -1.44. The van der Waals surface area contributed by atoms with Crippen LogP contribution in [-0.2, 0) is 21.2 Å². The molecule has 6 nitrogen and oxygen atoms in total. The minimum absolute atomic E-state index is 0.0939. The third kappa shape index (κ3) is 7.22. The number of hydrogen-bond acceptors (Lipinski definition) is 5. The summed E-state index contributed by atoms with van der Waals surface area (Å²) in [7, 11) is 0.858. The van der Waals surface area contributed by atoms with E-state index >= 15 is 0 Å². The molecule has 0 saturated heterocycles. The molecule has 0 heterocycles. The highest BCUT2D eigenvalue weighted by Gasteiger charge is 2.16. The first kappa shape index (κ1) is 17.6. The lowest BCUT2D eigenvalue weighted by Crippen LogP contribution is -2.37. The molecule has 0 aliphatic heterocycles. The van der Waals surface area contributed by atoms with Gasteiger partial charge in [-0.05, 0) is 38.2 Å². The van der Waals surface area contributed by atoms with Gasteiger partial charge >= 0.3 is 0 Å². The van der Waals surface area contributed by atoms with Gasteiger partial charge in [0.2, 0.25) is 5.91 Å². The van der Waals surface area contributed by atoms with Crippen molar-refractivity contribution in [2.24, 2.45) is 5.73 Å². The van der Waals surface area contributed by atoms with E-state index in [1.807, 2.05) is 26.2 Å². The molecule has 3 N–H and O–H groups in total. The third-order valence-electron chi connectivity index (χ3n) is 2.86. The molecular weight excluding hydrogens is 290 g/mol. The van der Waals surface area contributed by atoms with Gasteiger partial charge in [-0.25, -0.2) is 8.42 Å². The summed E-state index contributed by atoms with van der Waals surface area (Å²) in [5.74, 6) is -0.470. The van der Waals surface area contributed by atoms with Gasteiger partial charge in [0.1, 0.15) is 9.84 Å². The van der Waals surface area contributed by atoms with Crippen LogP contribution in [0.15, 0.2) is 24.3 Å². The lowest BCUT2D eigenvalue weighted by molar-refractivity contribution is -0.117. The van der Waals surface area contributed by atoms with Crippen LogP contribution in [0.3, 0.4) is 0 Å². The first-order valence-electron chi connectivity index (χ1n) is 6.65. The van der Waals surface area contributed by atoms with Gasteiger partial charge in [0.15, 0.2) is 0 Å². The van der Waals surface area contributed by atoms with Crippen LogP contribution in [-0.4, -0.2) is 51.4 Å². The Kier molecular flexibility index (Phi) is 6.32. The zero-order valence-electron chi connectivity index (χ0n) is 12.7. The van der Waals surface area contributed by atoms with Crippen LogP contribution in [0.5, 0.6) is 0 Å². The van der Waals surface area contributed by atoms with Crippen molar-refractivity contribution in [3.05, 3.63) is 29.8 Å². The summed E-state index contributed by atoms with van der Waals surface area (Å²) in [5, 5.41) is 2.69. The third-order valence-corrected chi connectivity index (χ3v) is 3.83. The molecule has 1 aromatic rings. The van der Waals surface area contributed by atoms with Crippen LogP contribution in [0.1, 0.15) is 12.0 Å². The van der Waals surface area contributed by atoms with Gasteiger partial charge in [-0.15, -0.1) is 0 Å². The molecule has 1 aromatic carbocycles. The average molecular weight is 313 g/mol. The molecule has 21 heavy (non-hydrogen) atoms. The number of carbonyl (C=O) groups is 1. The van der Waals surface area contributed by atoms with Crippen molar-refractivity contribution in [2.75, 3.05) is 31.4 Å². The van der Waals surface area contributed by atoms with E-state index in [4.69, 9.17) is 5.73 Å². The number of anilines is 1. The normalized spacial score (nSPS) is 13.2. The highest BCUT2D eigenvalue weighted by molar-refractivity contribution is 7.90. The van der Waals surface area contributed by atoms with Gasteiger partial charge in [0, 0.05) is 18.5 Å². The molecule has 1 unspecified atom stereocenters. The SMILES string of the molecule is CN(C)Cc1ccc(NC(=O)C(N)CCS(C)(=O)=O)cc1. The standard InChI is InChI=1S/C14H23N3O3S/c1-17(2)10-11-4-6-12(7-5-11)16-14(18)13(15)8-9-21(3,19)20/h4-7,13H,8-10,15H2,1-3H3,(H,16,18). The Morgan fingerprint density at radius 1 is 1.29 bits per heavy atom. The van der Waals surface area contributed by atoms with Gasteiger partial charge in [-0.1, -0.05) is 12.1 Å². The Bertz CT molecular complexity index is 568. The van der Waals surface area contributed by atoms with E-state index in [0.717, 1.165) is 18.4 Å². The highest BCUT2D eigenvalue weighted by atomic mass is 32.2. The number of nitrogens with two attached hydrogens (primary N) is 1. The first-order valence-corrected chi connectivity index (χ1v) is 8.71. The number of nitrogens with one attached hydrogen (secondary N) is 1. The van der Waals surface area contributed by atoms with Gasteiger partial charge in [0.05, 0.1) is 11.8 Å². The van der Waals surface area contributed by atoms with E-state index < -0.39 is 15.9 Å². The van der Waals surface area contributed by atoms with Crippen LogP contribution in [0, 0.1) is 0 Å². The summed E-state index contributed by atoms with van der Waals surface area (Å²) >= 11 is 0. The van der Waals surface area contributed by atoms with Crippen LogP contribution in [0.25, 0.3) is 0 Å². The summed E-state index contributed by atoms with van der Waals surface area (Å²) in [4.78, 5) is 13.9. The summed E-state index contributed by atoms with van der Waals surface area (Å²) in [6, 6.07) is 6.64. The number of hydrogen-bond donors (Lipinski definition) is 2. The fourth-order valence-corrected chi connectivity index (χ4v) is 2.45. The molecule has 0 aromatic heterocycles. The smallest absolute Gasteiger partial charge is 0.241 e. The van der Waals surface area contributed by atoms with Crippen molar-refractivity contribution >= 4 is 21.4 Å². The minimum Gasteiger partial charge on any atom is -0.325 e. The molecular formula is C14H23N3O3S. The Labute approximate surface area is 126 Å². The molecule has 118 valence electrons. The second-order valence-corrected chi connectivity index (χ2v) is 7.71. The quantitative estimate of drug-likeness (QED) is 0.762. The number of carbonyl (C=O) groups excluding carboxylic acids is 1. The van der Waals surface area contributed by atoms with Crippen LogP contribution >= 0.6 is 0 Å². The predicted molar refractivity (Wildman–Crippen MR) is 84.8 cm³/mol. The fraction of sp³-hybridized carbons (Fsp3) is 0.500. The molecule has 0 fully saturated rings. The lowest BCUT2D eigenvalue weighted by Gasteiger charge is -2.13. The molecule has 1 atom stereocenters. The van der Waals surface area contributed by atoms with Crippen molar-refractivity contribution in [3.63, 3.8) is 0 Å². The van der Waals surface area contributed by atoms with Crippen LogP contribution < -0.4 is 11.1 Å². The fourth-order valence-electron chi connectivity index (χ4n) is 1.77. The number of rotatable bonds is 7. The maximum atomic E-state index is 11.9. The van der Waals surface area contributed by atoms with E-state index in [0.29, 0.717) is 5.69 Å². The Morgan fingerprint density at radius 2 is 1.86 bits per heavy atom. The summed E-state index contributed by atoms with van der Waals surface area (Å²) < 4.78 is 22.1. The van der Waals surface area contributed by atoms with Gasteiger partial charge in [-0.2, -0.15) is 0 Å². The number of amides is 1. The zero-order chi connectivity index (χ0) is 16.0. The summed E-state index contributed by atoms with van der Waals surface area (Å²) in [6.45, 7) is 0.822. The zero-order valence-corrected chi connectivity index (χ0v) is 13.5. The van der Waals surface area contributed by atoms with Gasteiger partial charge in [-0.3, -0.25) is 4.79 Å². The number of nitrogens with zero attached hydrogens (tertiary/aromatic N) is 1. The number of sulfone groups is 1. The molecule has 0 bridgehead atoms. The second kappa shape index (κ2) is 7.53. The lowest BCUT2D eigenvalue weighted by atomic mass is 10.2. The largest absolute Gasteiger partial charge is 0.325 e. The molecule has 0 saturated carbocycles. The minimum atomic E-state index is -3.11. The number of benzene rings is 1. The molecule has 0 spiro atoms. The second-order valence-electron chi connectivity index (χ2n) is 5.45. The monoisotopic (exact) mass is 313 g/mol. The molecule has 0 aliphatic rings. The van der Waals surface area contributed by atoms with E-state index in [9.17, 15) is 13.2 Å². The molecule has 0 radical (unpaired) electrons. The van der Waals surface area contributed by atoms with Crippen molar-refractivity contribution in [3.8, 4) is 0 Å². The Balaban J connectivity index is 2.54. The van der Waals surface area contributed by atoms with Crippen molar-refractivity contribution in [2.45, 2.75) is 19.0 Å². The molecule has 1 rings (SSSR count). The predicted octanol–water partition coefficient (Wildman–Crippen LogP) is 0.449. The van der Waals surface area contributed by atoms with Gasteiger partial charge < -0.3 is 16.0 Å². The highest BCUT2D eigenvalue weighted by Crippen LogP contribution is 2.11. The van der Waals surface area contributed by atoms with Crippen molar-refractivity contribution in [1.29, 1.82) is 0 Å². The van der Waals surface area contributed by atoms with E-state index in [-0.39, 0.29) is 18.1 Å². The van der Waals surface area contributed by atoms with Crippen LogP contribution in [0.4, 0.5) is 5.69 Å². The maximum Gasteiger partial charge on any atom is 0.241 e. The maximum absolute atomic E-state index is 11.9. The molecule has 1 amide bonds. The van der Waals surface area contributed by atoms with E-state index in [1.54, 1.807) is 12.1 Å². The first-order chi connectivity index (χ1) is 9.67. The van der Waals surface area contributed by atoms with Crippen molar-refractivity contribution < 1.29 is 13.2 Å². The van der Waals surface area contributed by atoms with E-state index in [2.05, 4.69) is 10.2 Å². The van der Waals surface area contributed by atoms with Crippen molar-refractivity contribution in [1.82, 2.24) is 4.90 Å².